The fraction of sp³-hybridized carbons (Fsp3) is 0.571. The van der Waals surface area contributed by atoms with E-state index in [0.717, 1.165) is 25.1 Å². The van der Waals surface area contributed by atoms with Gasteiger partial charge in [-0.15, -0.1) is 0 Å². The van der Waals surface area contributed by atoms with E-state index in [-0.39, 0.29) is 12.5 Å². The average molecular weight is 301 g/mol. The van der Waals surface area contributed by atoms with E-state index in [4.69, 9.17) is 0 Å². The van der Waals surface area contributed by atoms with Crippen LogP contribution in [-0.4, -0.2) is 41.6 Å². The molecule has 0 aromatic carbocycles. The maximum absolute atomic E-state index is 12.4. The molecule has 2 rings (SSSR count). The van der Waals surface area contributed by atoms with Gasteiger partial charge in [0, 0.05) is 25.5 Å². The van der Waals surface area contributed by atoms with Crippen LogP contribution in [-0.2, 0) is 11.3 Å². The van der Waals surface area contributed by atoms with E-state index >= 15 is 0 Å². The van der Waals surface area contributed by atoms with Crippen LogP contribution in [0.1, 0.15) is 18.4 Å². The molecule has 1 aliphatic rings. The van der Waals surface area contributed by atoms with Crippen molar-refractivity contribution in [3.8, 4) is 0 Å². The van der Waals surface area contributed by atoms with Crippen LogP contribution in [0.15, 0.2) is 24.5 Å². The molecule has 21 heavy (non-hydrogen) atoms. The molecule has 0 radical (unpaired) electrons. The Morgan fingerprint density at radius 3 is 2.86 bits per heavy atom. The first-order valence-electron chi connectivity index (χ1n) is 6.88. The smallest absolute Gasteiger partial charge is 0.338 e. The lowest BCUT2D eigenvalue weighted by atomic mass is 10.1. The van der Waals surface area contributed by atoms with Gasteiger partial charge in [-0.25, -0.2) is 0 Å². The number of halogens is 3. The summed E-state index contributed by atoms with van der Waals surface area (Å²) in [4.78, 5) is 17.1. The molecule has 1 fully saturated rings. The van der Waals surface area contributed by atoms with Gasteiger partial charge in [-0.2, -0.15) is 13.2 Å². The maximum Gasteiger partial charge on any atom is 0.397 e. The van der Waals surface area contributed by atoms with Crippen LogP contribution < -0.4 is 5.32 Å². The zero-order valence-corrected chi connectivity index (χ0v) is 11.6. The summed E-state index contributed by atoms with van der Waals surface area (Å²) in [6.07, 6.45) is -1.85. The number of hydrogen-bond donors (Lipinski definition) is 1. The molecule has 1 aromatic heterocycles. The minimum Gasteiger partial charge on any atom is -0.338 e. The topological polar surface area (TPSA) is 45.2 Å². The van der Waals surface area contributed by atoms with Gasteiger partial charge >= 0.3 is 6.18 Å². The van der Waals surface area contributed by atoms with E-state index < -0.39 is 18.5 Å². The Hall–Kier alpha value is -1.63. The summed E-state index contributed by atoms with van der Waals surface area (Å²) in [6, 6.07) is 3.46. The molecule has 1 atom stereocenters. The number of hydrogen-bond acceptors (Lipinski definition) is 3. The third kappa shape index (κ3) is 5.34. The fourth-order valence-electron chi connectivity index (χ4n) is 2.43. The molecule has 0 saturated carbocycles. The molecule has 4 nitrogen and oxygen atoms in total. The van der Waals surface area contributed by atoms with Crippen molar-refractivity contribution in [1.82, 2.24) is 15.2 Å². The predicted molar refractivity (Wildman–Crippen MR) is 71.3 cm³/mol. The Morgan fingerprint density at radius 2 is 2.29 bits per heavy atom. The van der Waals surface area contributed by atoms with Crippen LogP contribution in [0.5, 0.6) is 0 Å². The second-order valence-corrected chi connectivity index (χ2v) is 5.29. The summed E-state index contributed by atoms with van der Waals surface area (Å²) in [5, 5.41) is 3.16. The average Bonchev–Trinajstić information content (AvgIpc) is 2.90. The van der Waals surface area contributed by atoms with E-state index in [1.54, 1.807) is 24.5 Å². The predicted octanol–water partition coefficient (Wildman–Crippen LogP) is 1.97. The van der Waals surface area contributed by atoms with Crippen LogP contribution in [0.25, 0.3) is 0 Å². The Balaban J connectivity index is 2.03. The number of alkyl halides is 3. The number of rotatable bonds is 5. The van der Waals surface area contributed by atoms with Crippen molar-refractivity contribution in [2.24, 2.45) is 5.92 Å². The third-order valence-corrected chi connectivity index (χ3v) is 3.44. The van der Waals surface area contributed by atoms with E-state index in [0.29, 0.717) is 6.54 Å². The number of nitrogens with one attached hydrogen (secondary N) is 1. The molecule has 1 amide bonds. The van der Waals surface area contributed by atoms with Crippen LogP contribution in [0.4, 0.5) is 13.2 Å². The van der Waals surface area contributed by atoms with Crippen molar-refractivity contribution in [3.63, 3.8) is 0 Å². The highest BCUT2D eigenvalue weighted by molar-refractivity contribution is 5.76. The summed E-state index contributed by atoms with van der Waals surface area (Å²) < 4.78 is 37.3. The molecule has 7 heteroatoms. The van der Waals surface area contributed by atoms with E-state index in [9.17, 15) is 18.0 Å². The quantitative estimate of drug-likeness (QED) is 0.904. The van der Waals surface area contributed by atoms with Gasteiger partial charge in [0.25, 0.3) is 0 Å². The van der Waals surface area contributed by atoms with Crippen LogP contribution in [0.2, 0.25) is 0 Å². The van der Waals surface area contributed by atoms with Gasteiger partial charge in [-0.3, -0.25) is 9.78 Å². The maximum atomic E-state index is 12.4. The second-order valence-electron chi connectivity index (χ2n) is 5.29. The van der Waals surface area contributed by atoms with Crippen molar-refractivity contribution < 1.29 is 18.0 Å². The Kier molecular flexibility index (Phi) is 5.17. The molecule has 1 aliphatic heterocycles. The molecule has 0 aliphatic carbocycles. The van der Waals surface area contributed by atoms with E-state index in [1.807, 2.05) is 0 Å². The largest absolute Gasteiger partial charge is 0.397 e. The van der Waals surface area contributed by atoms with Gasteiger partial charge in [-0.1, -0.05) is 6.07 Å². The van der Waals surface area contributed by atoms with Gasteiger partial charge in [0.2, 0.25) is 5.91 Å². The summed E-state index contributed by atoms with van der Waals surface area (Å²) in [6.45, 7) is 2.09. The van der Waals surface area contributed by atoms with E-state index in [1.165, 1.54) is 4.90 Å². The molecule has 1 saturated heterocycles. The minimum absolute atomic E-state index is 0.166. The zero-order valence-electron chi connectivity index (χ0n) is 11.6. The lowest BCUT2D eigenvalue weighted by Crippen LogP contribution is -2.37. The molecule has 1 N–H and O–H groups in total. The molecule has 116 valence electrons. The minimum atomic E-state index is -4.47. The Labute approximate surface area is 121 Å². The first-order chi connectivity index (χ1) is 9.94. The molecular formula is C14H18F3N3O. The van der Waals surface area contributed by atoms with Crippen molar-refractivity contribution in [3.05, 3.63) is 30.1 Å². The highest BCUT2D eigenvalue weighted by atomic mass is 19.4. The molecule has 1 aromatic rings. The fourth-order valence-corrected chi connectivity index (χ4v) is 2.43. The summed E-state index contributed by atoms with van der Waals surface area (Å²) in [5.74, 6) is -0.669. The van der Waals surface area contributed by atoms with Crippen molar-refractivity contribution in [2.75, 3.05) is 19.6 Å². The van der Waals surface area contributed by atoms with Crippen LogP contribution in [0.3, 0.4) is 0 Å². The molecule has 2 heterocycles. The summed E-state index contributed by atoms with van der Waals surface area (Å²) >= 11 is 0. The molecule has 0 spiro atoms. The standard InChI is InChI=1S/C14H18F3N3O/c15-14(16,17)6-13(21)20(10-12-3-5-19-8-12)9-11-2-1-4-18-7-11/h1-2,4,7,12,19H,3,5-6,8-10H2. The summed E-state index contributed by atoms with van der Waals surface area (Å²) in [5.41, 5.74) is 0.735. The molecule has 0 bridgehead atoms. The van der Waals surface area contributed by atoms with Gasteiger partial charge in [0.05, 0.1) is 0 Å². The van der Waals surface area contributed by atoms with Crippen LogP contribution in [0, 0.1) is 5.92 Å². The van der Waals surface area contributed by atoms with Gasteiger partial charge in [0.1, 0.15) is 6.42 Å². The van der Waals surface area contributed by atoms with E-state index in [2.05, 4.69) is 10.3 Å². The monoisotopic (exact) mass is 301 g/mol. The zero-order chi connectivity index (χ0) is 15.3. The summed E-state index contributed by atoms with van der Waals surface area (Å²) in [7, 11) is 0. The van der Waals surface area contributed by atoms with Crippen molar-refractivity contribution in [2.45, 2.75) is 25.6 Å². The number of carbonyl (C=O) groups excluding carboxylic acids is 1. The Bertz CT molecular complexity index is 458. The highest BCUT2D eigenvalue weighted by Crippen LogP contribution is 2.22. The molecular weight excluding hydrogens is 283 g/mol. The number of carbonyl (C=O) groups is 1. The SMILES string of the molecule is O=C(CC(F)(F)F)N(Cc1cccnc1)CC1CCNC1. The number of pyridine rings is 1. The number of nitrogens with zero attached hydrogens (tertiary/aromatic N) is 2. The Morgan fingerprint density at radius 1 is 1.48 bits per heavy atom. The second kappa shape index (κ2) is 6.89. The molecule has 1 unspecified atom stereocenters. The van der Waals surface area contributed by atoms with Gasteiger partial charge in [-0.05, 0) is 37.1 Å². The first kappa shape index (κ1) is 15.8. The lowest BCUT2D eigenvalue weighted by Gasteiger charge is -2.26. The normalized spacial score (nSPS) is 18.7. The first-order valence-corrected chi connectivity index (χ1v) is 6.88. The number of aromatic nitrogens is 1. The highest BCUT2D eigenvalue weighted by Gasteiger charge is 2.34. The van der Waals surface area contributed by atoms with Crippen molar-refractivity contribution in [1.29, 1.82) is 0 Å². The van der Waals surface area contributed by atoms with Crippen molar-refractivity contribution >= 4 is 5.91 Å². The van der Waals surface area contributed by atoms with Gasteiger partial charge in [0.15, 0.2) is 0 Å². The van der Waals surface area contributed by atoms with Gasteiger partial charge < -0.3 is 10.2 Å². The van der Waals surface area contributed by atoms with Crippen LogP contribution >= 0.6 is 0 Å². The third-order valence-electron chi connectivity index (χ3n) is 3.44. The lowest BCUT2D eigenvalue weighted by molar-refractivity contribution is -0.162. The number of amides is 1.